The molecular weight excluding hydrogens is 264 g/mol. The van der Waals surface area contributed by atoms with Crippen LogP contribution >= 0.6 is 0 Å². The molecule has 1 fully saturated rings. The Morgan fingerprint density at radius 1 is 1.29 bits per heavy atom. The first-order valence-corrected chi connectivity index (χ1v) is 7.49. The average molecular weight is 286 g/mol. The SMILES string of the molecule is CN(C)c1nc(N2CCC[C@@H](CO)C2)nc2ccccc12. The van der Waals surface area contributed by atoms with Crippen LogP contribution in [0.15, 0.2) is 24.3 Å². The van der Waals surface area contributed by atoms with Crippen molar-refractivity contribution in [2.45, 2.75) is 12.8 Å². The summed E-state index contributed by atoms with van der Waals surface area (Å²) in [5, 5.41) is 10.5. The van der Waals surface area contributed by atoms with Crippen LogP contribution in [0.5, 0.6) is 0 Å². The van der Waals surface area contributed by atoms with Gasteiger partial charge in [-0.1, -0.05) is 12.1 Å². The second kappa shape index (κ2) is 5.85. The van der Waals surface area contributed by atoms with E-state index in [-0.39, 0.29) is 6.61 Å². The predicted molar refractivity (Wildman–Crippen MR) is 85.9 cm³/mol. The Kier molecular flexibility index (Phi) is 3.92. The van der Waals surface area contributed by atoms with Crippen molar-refractivity contribution >= 4 is 22.7 Å². The van der Waals surface area contributed by atoms with Gasteiger partial charge in [-0.15, -0.1) is 0 Å². The number of para-hydroxylation sites is 1. The van der Waals surface area contributed by atoms with Crippen molar-refractivity contribution in [3.8, 4) is 0 Å². The summed E-state index contributed by atoms with van der Waals surface area (Å²) in [6, 6.07) is 8.11. The van der Waals surface area contributed by atoms with E-state index in [0.717, 1.165) is 48.6 Å². The van der Waals surface area contributed by atoms with Crippen molar-refractivity contribution < 1.29 is 5.11 Å². The Bertz CT molecular complexity index is 629. The minimum absolute atomic E-state index is 0.241. The first kappa shape index (κ1) is 14.1. The van der Waals surface area contributed by atoms with Crippen LogP contribution in [0.25, 0.3) is 10.9 Å². The number of anilines is 2. The maximum Gasteiger partial charge on any atom is 0.227 e. The van der Waals surface area contributed by atoms with E-state index in [0.29, 0.717) is 5.92 Å². The largest absolute Gasteiger partial charge is 0.396 e. The molecule has 0 amide bonds. The quantitative estimate of drug-likeness (QED) is 0.934. The van der Waals surface area contributed by atoms with Gasteiger partial charge < -0.3 is 14.9 Å². The van der Waals surface area contributed by atoms with Crippen LogP contribution in [-0.4, -0.2) is 48.9 Å². The zero-order valence-electron chi connectivity index (χ0n) is 12.7. The maximum absolute atomic E-state index is 9.39. The molecule has 1 aromatic carbocycles. The summed E-state index contributed by atoms with van der Waals surface area (Å²) in [4.78, 5) is 13.7. The summed E-state index contributed by atoms with van der Waals surface area (Å²) >= 11 is 0. The van der Waals surface area contributed by atoms with Crippen molar-refractivity contribution in [3.05, 3.63) is 24.3 Å². The lowest BCUT2D eigenvalue weighted by molar-refractivity contribution is 0.208. The second-order valence-corrected chi connectivity index (χ2v) is 5.90. The van der Waals surface area contributed by atoms with E-state index in [1.54, 1.807) is 0 Å². The van der Waals surface area contributed by atoms with Crippen LogP contribution in [0, 0.1) is 5.92 Å². The summed E-state index contributed by atoms with van der Waals surface area (Å²) in [5.41, 5.74) is 0.970. The first-order chi connectivity index (χ1) is 10.2. The topological polar surface area (TPSA) is 52.5 Å². The van der Waals surface area contributed by atoms with Crippen molar-refractivity contribution in [2.75, 3.05) is 43.6 Å². The third-order valence-electron chi connectivity index (χ3n) is 4.05. The summed E-state index contributed by atoms with van der Waals surface area (Å²) in [6.07, 6.45) is 2.17. The van der Waals surface area contributed by atoms with Crippen LogP contribution in [0.2, 0.25) is 0 Å². The highest BCUT2D eigenvalue weighted by Crippen LogP contribution is 2.27. The fourth-order valence-electron chi connectivity index (χ4n) is 2.93. The van der Waals surface area contributed by atoms with E-state index in [1.165, 1.54) is 0 Å². The summed E-state index contributed by atoms with van der Waals surface area (Å²) in [5.74, 6) is 2.05. The van der Waals surface area contributed by atoms with E-state index < -0.39 is 0 Å². The van der Waals surface area contributed by atoms with Gasteiger partial charge in [-0.2, -0.15) is 4.98 Å². The molecule has 5 nitrogen and oxygen atoms in total. The Labute approximate surface area is 125 Å². The summed E-state index contributed by atoms with van der Waals surface area (Å²) < 4.78 is 0. The molecule has 112 valence electrons. The molecule has 2 heterocycles. The Hall–Kier alpha value is -1.88. The minimum Gasteiger partial charge on any atom is -0.396 e. The van der Waals surface area contributed by atoms with Crippen LogP contribution in [-0.2, 0) is 0 Å². The highest BCUT2D eigenvalue weighted by molar-refractivity contribution is 5.90. The van der Waals surface area contributed by atoms with E-state index in [9.17, 15) is 5.11 Å². The third kappa shape index (κ3) is 2.78. The lowest BCUT2D eigenvalue weighted by atomic mass is 9.99. The van der Waals surface area contributed by atoms with Crippen molar-refractivity contribution in [1.29, 1.82) is 0 Å². The van der Waals surface area contributed by atoms with Gasteiger partial charge in [-0.05, 0) is 30.9 Å². The lowest BCUT2D eigenvalue weighted by Gasteiger charge is -2.32. The van der Waals surface area contributed by atoms with Crippen molar-refractivity contribution in [2.24, 2.45) is 5.92 Å². The zero-order valence-corrected chi connectivity index (χ0v) is 12.7. The van der Waals surface area contributed by atoms with Gasteiger partial charge in [0.2, 0.25) is 5.95 Å². The van der Waals surface area contributed by atoms with E-state index in [2.05, 4.69) is 11.0 Å². The van der Waals surface area contributed by atoms with E-state index in [1.807, 2.05) is 37.2 Å². The number of benzene rings is 1. The molecule has 1 N–H and O–H groups in total. The second-order valence-electron chi connectivity index (χ2n) is 5.90. The van der Waals surface area contributed by atoms with Gasteiger partial charge in [0.1, 0.15) is 5.82 Å². The highest BCUT2D eigenvalue weighted by atomic mass is 16.3. The molecule has 21 heavy (non-hydrogen) atoms. The molecule has 0 saturated carbocycles. The van der Waals surface area contributed by atoms with Gasteiger partial charge in [-0.3, -0.25) is 0 Å². The zero-order chi connectivity index (χ0) is 14.8. The van der Waals surface area contributed by atoms with Crippen LogP contribution < -0.4 is 9.80 Å². The normalized spacial score (nSPS) is 19.0. The van der Waals surface area contributed by atoms with Gasteiger partial charge in [0.25, 0.3) is 0 Å². The van der Waals surface area contributed by atoms with Gasteiger partial charge in [0.05, 0.1) is 5.52 Å². The molecule has 1 aliphatic rings. The molecule has 2 aromatic rings. The molecule has 0 aliphatic carbocycles. The molecular formula is C16H22N4O. The average Bonchev–Trinajstić information content (AvgIpc) is 2.53. The van der Waals surface area contributed by atoms with Gasteiger partial charge in [0.15, 0.2) is 0 Å². The molecule has 0 radical (unpaired) electrons. The highest BCUT2D eigenvalue weighted by Gasteiger charge is 2.22. The van der Waals surface area contributed by atoms with Crippen LogP contribution in [0.1, 0.15) is 12.8 Å². The maximum atomic E-state index is 9.39. The van der Waals surface area contributed by atoms with E-state index >= 15 is 0 Å². The number of aliphatic hydroxyl groups excluding tert-OH is 1. The minimum atomic E-state index is 0.241. The molecule has 1 atom stereocenters. The number of fused-ring (bicyclic) bond motifs is 1. The third-order valence-corrected chi connectivity index (χ3v) is 4.05. The monoisotopic (exact) mass is 286 g/mol. The molecule has 1 saturated heterocycles. The van der Waals surface area contributed by atoms with Gasteiger partial charge in [0, 0.05) is 39.2 Å². The van der Waals surface area contributed by atoms with Crippen LogP contribution in [0.4, 0.5) is 11.8 Å². The summed E-state index contributed by atoms with van der Waals surface area (Å²) in [7, 11) is 4.01. The van der Waals surface area contributed by atoms with E-state index in [4.69, 9.17) is 9.97 Å². The Morgan fingerprint density at radius 3 is 2.86 bits per heavy atom. The van der Waals surface area contributed by atoms with Gasteiger partial charge >= 0.3 is 0 Å². The molecule has 1 aliphatic heterocycles. The standard InChI is InChI=1S/C16H22N4O/c1-19(2)15-13-7-3-4-8-14(13)17-16(18-15)20-9-5-6-12(10-20)11-21/h3-4,7-8,12,21H,5-6,9-11H2,1-2H3/t12-/m1/s1. The number of aromatic nitrogens is 2. The fraction of sp³-hybridized carbons (Fsp3) is 0.500. The molecule has 1 aromatic heterocycles. The number of nitrogens with zero attached hydrogens (tertiary/aromatic N) is 4. The van der Waals surface area contributed by atoms with Crippen molar-refractivity contribution in [3.63, 3.8) is 0 Å². The number of rotatable bonds is 3. The van der Waals surface area contributed by atoms with Gasteiger partial charge in [-0.25, -0.2) is 4.98 Å². The smallest absolute Gasteiger partial charge is 0.227 e. The molecule has 0 spiro atoms. The number of piperidine rings is 1. The molecule has 0 bridgehead atoms. The number of hydrogen-bond donors (Lipinski definition) is 1. The Balaban J connectivity index is 2.02. The molecule has 3 rings (SSSR count). The fourth-order valence-corrected chi connectivity index (χ4v) is 2.93. The summed E-state index contributed by atoms with van der Waals surface area (Å²) in [6.45, 7) is 2.04. The lowest BCUT2D eigenvalue weighted by Crippen LogP contribution is -2.38. The number of aliphatic hydroxyl groups is 1. The first-order valence-electron chi connectivity index (χ1n) is 7.49. The molecule has 5 heteroatoms. The predicted octanol–water partition coefficient (Wildman–Crippen LogP) is 1.90. The van der Waals surface area contributed by atoms with Crippen molar-refractivity contribution in [1.82, 2.24) is 9.97 Å². The Morgan fingerprint density at radius 2 is 2.10 bits per heavy atom. The molecule has 0 unspecified atom stereocenters. The number of hydrogen-bond acceptors (Lipinski definition) is 5. The van der Waals surface area contributed by atoms with Crippen LogP contribution in [0.3, 0.4) is 0 Å².